The summed E-state index contributed by atoms with van der Waals surface area (Å²) in [5, 5.41) is 0. The number of fused-ring (bicyclic) bond motifs is 1. The molecule has 210 valence electrons. The van der Waals surface area contributed by atoms with Gasteiger partial charge in [0.1, 0.15) is 12.0 Å². The summed E-state index contributed by atoms with van der Waals surface area (Å²) < 4.78 is 18.5. The molecule has 3 aromatic rings. The summed E-state index contributed by atoms with van der Waals surface area (Å²) in [5.74, 6) is 1.78. The van der Waals surface area contributed by atoms with Crippen LogP contribution in [0.15, 0.2) is 96.6 Å². The third-order valence-corrected chi connectivity index (χ3v) is 8.23. The molecule has 0 unspecified atom stereocenters. The van der Waals surface area contributed by atoms with Crippen molar-refractivity contribution in [2.45, 2.75) is 66.0 Å². The summed E-state index contributed by atoms with van der Waals surface area (Å²) in [7, 11) is 0. The van der Waals surface area contributed by atoms with Gasteiger partial charge in [0, 0.05) is 42.5 Å². The van der Waals surface area contributed by atoms with Crippen LogP contribution in [0.3, 0.4) is 0 Å². The van der Waals surface area contributed by atoms with Crippen molar-refractivity contribution in [3.05, 3.63) is 130 Å². The normalized spacial score (nSPS) is 16.6. The molecule has 5 heteroatoms. The van der Waals surface area contributed by atoms with Gasteiger partial charge in [-0.05, 0) is 66.9 Å². The van der Waals surface area contributed by atoms with Crippen LogP contribution in [0.25, 0.3) is 11.3 Å². The third kappa shape index (κ3) is 5.86. The standard InChI is InChI=1S/C36H38N2O3/c1-4-26-16-11-17-27(5-2)36(26)32-20-33(40-35-24-39-23-34(41-35)29-13-7-6-8-14-29)31(25(3)37-32)22-38-19-18-28-12-9-10-15-30(28)21-38/h6-7,9-13,15-17,20,23-24H,4-5,8,14,18-19,21-22H2,1-3H3. The molecule has 0 saturated heterocycles. The van der Waals surface area contributed by atoms with Crippen LogP contribution in [-0.2, 0) is 41.8 Å². The van der Waals surface area contributed by atoms with Crippen LogP contribution in [0, 0.1) is 6.92 Å². The minimum atomic E-state index is 0.333. The zero-order valence-corrected chi connectivity index (χ0v) is 24.3. The fraction of sp³-hybridized carbons (Fsp3) is 0.306. The van der Waals surface area contributed by atoms with Crippen molar-refractivity contribution < 1.29 is 14.2 Å². The van der Waals surface area contributed by atoms with Gasteiger partial charge in [0.2, 0.25) is 0 Å². The van der Waals surface area contributed by atoms with E-state index in [2.05, 4.69) is 92.4 Å². The van der Waals surface area contributed by atoms with Crippen molar-refractivity contribution in [3.8, 4) is 17.0 Å². The molecule has 3 aliphatic rings. The average Bonchev–Trinajstić information content (AvgIpc) is 3.02. The fourth-order valence-electron chi connectivity index (χ4n) is 5.98. The molecule has 0 bridgehead atoms. The molecule has 2 aromatic carbocycles. The molecule has 3 heterocycles. The number of ether oxygens (including phenoxy) is 3. The second-order valence-corrected chi connectivity index (χ2v) is 10.9. The highest BCUT2D eigenvalue weighted by Crippen LogP contribution is 2.36. The van der Waals surface area contributed by atoms with E-state index in [1.807, 2.05) is 0 Å². The van der Waals surface area contributed by atoms with Gasteiger partial charge in [0.25, 0.3) is 0 Å². The monoisotopic (exact) mass is 546 g/mol. The second kappa shape index (κ2) is 12.2. The topological polar surface area (TPSA) is 43.8 Å². The minimum Gasteiger partial charge on any atom is -0.461 e. The lowest BCUT2D eigenvalue weighted by molar-refractivity contribution is 0.119. The largest absolute Gasteiger partial charge is 0.461 e. The van der Waals surface area contributed by atoms with Crippen molar-refractivity contribution in [2.24, 2.45) is 0 Å². The summed E-state index contributed by atoms with van der Waals surface area (Å²) in [6, 6.07) is 17.4. The highest BCUT2D eigenvalue weighted by Gasteiger charge is 2.24. The Hall–Kier alpha value is -4.09. The van der Waals surface area contributed by atoms with Crippen LogP contribution < -0.4 is 4.74 Å². The smallest absolute Gasteiger partial charge is 0.327 e. The molecule has 0 N–H and O–H groups in total. The van der Waals surface area contributed by atoms with Crippen LogP contribution in [0.2, 0.25) is 0 Å². The predicted octanol–water partition coefficient (Wildman–Crippen LogP) is 8.08. The average molecular weight is 547 g/mol. The number of aryl methyl sites for hydroxylation is 3. The van der Waals surface area contributed by atoms with E-state index in [4.69, 9.17) is 19.2 Å². The van der Waals surface area contributed by atoms with Gasteiger partial charge in [0.15, 0.2) is 12.0 Å². The first-order valence-electron chi connectivity index (χ1n) is 14.8. The van der Waals surface area contributed by atoms with E-state index < -0.39 is 0 Å². The van der Waals surface area contributed by atoms with Gasteiger partial charge in [-0.1, -0.05) is 74.5 Å². The predicted molar refractivity (Wildman–Crippen MR) is 163 cm³/mol. The van der Waals surface area contributed by atoms with E-state index in [1.54, 1.807) is 6.26 Å². The quantitative estimate of drug-likeness (QED) is 0.286. The third-order valence-electron chi connectivity index (χ3n) is 8.23. The SMILES string of the molecule is CCc1cccc(CC)c1-c1cc(OC2=COC=C(C3=CC=CCC3)O2)c(CN2CCc3ccccc3C2)c(C)n1. The molecule has 0 fully saturated rings. The zero-order valence-electron chi connectivity index (χ0n) is 24.3. The summed E-state index contributed by atoms with van der Waals surface area (Å²) in [6.45, 7) is 9.14. The van der Waals surface area contributed by atoms with Gasteiger partial charge in [-0.25, -0.2) is 0 Å². The summed E-state index contributed by atoms with van der Waals surface area (Å²) in [6.07, 6.45) is 14.3. The Bertz CT molecular complexity index is 1540. The van der Waals surface area contributed by atoms with Gasteiger partial charge < -0.3 is 14.2 Å². The lowest BCUT2D eigenvalue weighted by atomic mass is 9.94. The van der Waals surface area contributed by atoms with Crippen molar-refractivity contribution in [1.82, 2.24) is 9.88 Å². The molecule has 0 radical (unpaired) electrons. The van der Waals surface area contributed by atoms with Crippen LogP contribution in [0.5, 0.6) is 5.75 Å². The molecule has 1 aromatic heterocycles. The van der Waals surface area contributed by atoms with Crippen molar-refractivity contribution in [3.63, 3.8) is 0 Å². The molecular weight excluding hydrogens is 508 g/mol. The van der Waals surface area contributed by atoms with Crippen LogP contribution in [-0.4, -0.2) is 16.4 Å². The first kappa shape index (κ1) is 27.1. The maximum absolute atomic E-state index is 6.57. The van der Waals surface area contributed by atoms with Crippen LogP contribution >= 0.6 is 0 Å². The number of pyridine rings is 1. The zero-order chi connectivity index (χ0) is 28.2. The number of rotatable bonds is 8. The first-order valence-corrected chi connectivity index (χ1v) is 14.8. The van der Waals surface area contributed by atoms with Gasteiger partial charge in [-0.2, -0.15) is 0 Å². The molecule has 0 atom stereocenters. The van der Waals surface area contributed by atoms with Crippen molar-refractivity contribution in [1.29, 1.82) is 0 Å². The molecule has 0 spiro atoms. The molecule has 1 aliphatic carbocycles. The molecule has 41 heavy (non-hydrogen) atoms. The number of aromatic nitrogens is 1. The van der Waals surface area contributed by atoms with E-state index in [9.17, 15) is 0 Å². The Labute approximate surface area is 243 Å². The fourth-order valence-corrected chi connectivity index (χ4v) is 5.98. The van der Waals surface area contributed by atoms with Crippen molar-refractivity contribution in [2.75, 3.05) is 6.54 Å². The summed E-state index contributed by atoms with van der Waals surface area (Å²) in [5.41, 5.74) is 10.7. The second-order valence-electron chi connectivity index (χ2n) is 10.9. The number of nitrogens with zero attached hydrogens (tertiary/aromatic N) is 2. The Morgan fingerprint density at radius 3 is 2.51 bits per heavy atom. The van der Waals surface area contributed by atoms with E-state index >= 15 is 0 Å². The Morgan fingerprint density at radius 1 is 0.951 bits per heavy atom. The number of hydrogen-bond donors (Lipinski definition) is 0. The van der Waals surface area contributed by atoms with E-state index in [0.717, 1.165) is 80.0 Å². The van der Waals surface area contributed by atoms with E-state index in [1.165, 1.54) is 34.1 Å². The number of hydrogen-bond acceptors (Lipinski definition) is 5. The molecule has 2 aliphatic heterocycles. The summed E-state index contributed by atoms with van der Waals surface area (Å²) >= 11 is 0. The van der Waals surface area contributed by atoms with Gasteiger partial charge >= 0.3 is 5.95 Å². The highest BCUT2D eigenvalue weighted by molar-refractivity contribution is 5.70. The van der Waals surface area contributed by atoms with Crippen molar-refractivity contribution >= 4 is 0 Å². The number of benzene rings is 2. The Balaban J connectivity index is 1.36. The van der Waals surface area contributed by atoms with Gasteiger partial charge in [-0.3, -0.25) is 9.88 Å². The maximum Gasteiger partial charge on any atom is 0.327 e. The van der Waals surface area contributed by atoms with E-state index in [-0.39, 0.29) is 0 Å². The molecule has 0 saturated carbocycles. The van der Waals surface area contributed by atoms with Crippen LogP contribution in [0.4, 0.5) is 0 Å². The Kier molecular flexibility index (Phi) is 8.06. The van der Waals surface area contributed by atoms with E-state index in [0.29, 0.717) is 11.7 Å². The van der Waals surface area contributed by atoms with Crippen LogP contribution in [0.1, 0.15) is 60.2 Å². The molecule has 6 rings (SSSR count). The molecular formula is C36H38N2O3. The molecule has 0 amide bonds. The lowest BCUT2D eigenvalue weighted by Crippen LogP contribution is -2.30. The first-order chi connectivity index (χ1) is 20.1. The van der Waals surface area contributed by atoms with Gasteiger partial charge in [0.05, 0.1) is 5.69 Å². The summed E-state index contributed by atoms with van der Waals surface area (Å²) in [4.78, 5) is 7.67. The van der Waals surface area contributed by atoms with Gasteiger partial charge in [-0.15, -0.1) is 0 Å². The molecule has 5 nitrogen and oxygen atoms in total. The number of allylic oxidation sites excluding steroid dienone is 4. The minimum absolute atomic E-state index is 0.333. The Morgan fingerprint density at radius 2 is 1.76 bits per heavy atom. The highest BCUT2D eigenvalue weighted by atomic mass is 16.7. The lowest BCUT2D eigenvalue weighted by Gasteiger charge is -2.30. The maximum atomic E-state index is 6.57.